The van der Waals surface area contributed by atoms with Crippen molar-refractivity contribution in [3.05, 3.63) is 71.3 Å². The number of ether oxygens (including phenoxy) is 1. The summed E-state index contributed by atoms with van der Waals surface area (Å²) < 4.78 is 29.5. The van der Waals surface area contributed by atoms with E-state index in [9.17, 15) is 23.2 Å². The molecule has 2 rings (SSSR count). The third-order valence-electron chi connectivity index (χ3n) is 4.32. The van der Waals surface area contributed by atoms with E-state index in [1.54, 1.807) is 27.7 Å². The van der Waals surface area contributed by atoms with Crippen molar-refractivity contribution in [1.82, 2.24) is 16.0 Å². The Kier molecular flexibility index (Phi) is 12.4. The number of carbonyl (C=O) groups excluding carboxylic acids is 3. The van der Waals surface area contributed by atoms with Crippen molar-refractivity contribution in [2.45, 2.75) is 52.3 Å². The number of alkyl carbamates (subject to hydrolysis) is 1. The summed E-state index contributed by atoms with van der Waals surface area (Å²) in [5.74, 6) is -2.36. The maximum atomic E-state index is 12.4. The standard InChI is InChI=1S/C18H28N4O4.C7H6F2/c1-18(2,3)26-17(25)20-10-9-14(22-15(23)11-19)16(24)21-12-13-7-5-4-6-8-13;1-5-2-3-6(8)7(9)4-5/h4-8,14H,9-12,19H2,1-3H3,(H,20,25)(H,21,24)(H,22,23);2-4H,1H3. The van der Waals surface area contributed by atoms with E-state index in [0.717, 1.165) is 23.3 Å². The van der Waals surface area contributed by atoms with E-state index in [4.69, 9.17) is 10.5 Å². The minimum absolute atomic E-state index is 0.170. The molecule has 10 heteroatoms. The van der Waals surface area contributed by atoms with E-state index in [1.807, 2.05) is 30.3 Å². The molecule has 2 aromatic rings. The number of amides is 3. The highest BCUT2D eigenvalue weighted by Gasteiger charge is 2.21. The summed E-state index contributed by atoms with van der Waals surface area (Å²) >= 11 is 0. The molecule has 1 atom stereocenters. The van der Waals surface area contributed by atoms with Crippen LogP contribution in [0.25, 0.3) is 0 Å². The van der Waals surface area contributed by atoms with Gasteiger partial charge in [0.25, 0.3) is 0 Å². The van der Waals surface area contributed by atoms with Crippen LogP contribution in [0.2, 0.25) is 0 Å². The van der Waals surface area contributed by atoms with Crippen molar-refractivity contribution in [2.24, 2.45) is 5.73 Å². The first-order valence-electron chi connectivity index (χ1n) is 11.1. The molecule has 8 nitrogen and oxygen atoms in total. The minimum Gasteiger partial charge on any atom is -0.444 e. The Bertz CT molecular complexity index is 966. The second-order valence-electron chi connectivity index (χ2n) is 8.66. The van der Waals surface area contributed by atoms with Crippen LogP contribution < -0.4 is 21.7 Å². The average Bonchev–Trinajstić information content (AvgIpc) is 2.79. The molecule has 5 N–H and O–H groups in total. The van der Waals surface area contributed by atoms with E-state index >= 15 is 0 Å². The number of benzene rings is 2. The van der Waals surface area contributed by atoms with Gasteiger partial charge in [0, 0.05) is 13.1 Å². The molecule has 1 unspecified atom stereocenters. The number of nitrogens with two attached hydrogens (primary N) is 1. The maximum Gasteiger partial charge on any atom is 0.407 e. The van der Waals surface area contributed by atoms with Gasteiger partial charge in [0.2, 0.25) is 11.8 Å². The Morgan fingerprint density at radius 1 is 1.00 bits per heavy atom. The van der Waals surface area contributed by atoms with Gasteiger partial charge in [-0.25, -0.2) is 13.6 Å². The molecule has 0 saturated heterocycles. The Morgan fingerprint density at radius 2 is 1.66 bits per heavy atom. The van der Waals surface area contributed by atoms with Gasteiger partial charge in [0.1, 0.15) is 11.6 Å². The van der Waals surface area contributed by atoms with Gasteiger partial charge in [0.05, 0.1) is 6.54 Å². The Morgan fingerprint density at radius 3 is 2.20 bits per heavy atom. The number of aryl methyl sites for hydroxylation is 1. The highest BCUT2D eigenvalue weighted by Crippen LogP contribution is 2.07. The quantitative estimate of drug-likeness (QED) is 0.451. The number of halogens is 2. The number of carbonyl (C=O) groups is 3. The van der Waals surface area contributed by atoms with Gasteiger partial charge in [-0.3, -0.25) is 9.59 Å². The molecule has 0 spiro atoms. The van der Waals surface area contributed by atoms with Crippen LogP contribution >= 0.6 is 0 Å². The smallest absolute Gasteiger partial charge is 0.407 e. The van der Waals surface area contributed by atoms with Crippen LogP contribution in [0.1, 0.15) is 38.3 Å². The highest BCUT2D eigenvalue weighted by molar-refractivity contribution is 5.88. The van der Waals surface area contributed by atoms with Crippen LogP contribution in [0.15, 0.2) is 48.5 Å². The molecular formula is C25H34F2N4O4. The lowest BCUT2D eigenvalue weighted by Gasteiger charge is -2.21. The molecule has 3 amide bonds. The first kappa shape index (κ1) is 29.5. The van der Waals surface area contributed by atoms with Gasteiger partial charge in [-0.15, -0.1) is 0 Å². The molecule has 0 radical (unpaired) electrons. The van der Waals surface area contributed by atoms with Crippen LogP contribution in [0.4, 0.5) is 13.6 Å². The van der Waals surface area contributed by atoms with Crippen molar-refractivity contribution in [3.8, 4) is 0 Å². The monoisotopic (exact) mass is 492 g/mol. The summed E-state index contributed by atoms with van der Waals surface area (Å²) in [5, 5.41) is 7.89. The van der Waals surface area contributed by atoms with Crippen molar-refractivity contribution in [1.29, 1.82) is 0 Å². The first-order chi connectivity index (χ1) is 16.4. The fourth-order valence-corrected chi connectivity index (χ4v) is 2.66. The largest absolute Gasteiger partial charge is 0.444 e. The summed E-state index contributed by atoms with van der Waals surface area (Å²) in [7, 11) is 0. The van der Waals surface area contributed by atoms with E-state index in [0.29, 0.717) is 6.54 Å². The lowest BCUT2D eigenvalue weighted by molar-refractivity contribution is -0.128. The number of hydrogen-bond donors (Lipinski definition) is 4. The summed E-state index contributed by atoms with van der Waals surface area (Å²) in [6.07, 6.45) is -0.364. The molecule has 0 heterocycles. The van der Waals surface area contributed by atoms with Crippen molar-refractivity contribution >= 4 is 17.9 Å². The van der Waals surface area contributed by atoms with Gasteiger partial charge in [-0.05, 0) is 57.4 Å². The second-order valence-corrected chi connectivity index (χ2v) is 8.66. The molecule has 0 aliphatic rings. The fourth-order valence-electron chi connectivity index (χ4n) is 2.66. The minimum atomic E-state index is -0.801. The number of hydrogen-bond acceptors (Lipinski definition) is 5. The zero-order valence-corrected chi connectivity index (χ0v) is 20.5. The molecule has 0 bridgehead atoms. The second kappa shape index (κ2) is 14.7. The Balaban J connectivity index is 0.000000566. The number of nitrogens with one attached hydrogen (secondary N) is 3. The molecule has 0 saturated carbocycles. The van der Waals surface area contributed by atoms with Gasteiger partial charge in [-0.2, -0.15) is 0 Å². The van der Waals surface area contributed by atoms with Crippen LogP contribution in [0, 0.1) is 18.6 Å². The van der Waals surface area contributed by atoms with E-state index in [1.165, 1.54) is 6.07 Å². The molecule has 35 heavy (non-hydrogen) atoms. The molecule has 0 aromatic heterocycles. The van der Waals surface area contributed by atoms with E-state index in [2.05, 4.69) is 16.0 Å². The Labute approximate surface area is 204 Å². The third-order valence-corrected chi connectivity index (χ3v) is 4.32. The van der Waals surface area contributed by atoms with Gasteiger partial charge < -0.3 is 26.4 Å². The summed E-state index contributed by atoms with van der Waals surface area (Å²) in [6, 6.07) is 12.4. The van der Waals surface area contributed by atoms with Gasteiger partial charge in [0.15, 0.2) is 11.6 Å². The normalized spacial score (nSPS) is 11.4. The summed E-state index contributed by atoms with van der Waals surface area (Å²) in [4.78, 5) is 35.6. The maximum absolute atomic E-state index is 12.4. The van der Waals surface area contributed by atoms with Crippen molar-refractivity contribution in [2.75, 3.05) is 13.1 Å². The van der Waals surface area contributed by atoms with E-state index < -0.39 is 35.3 Å². The van der Waals surface area contributed by atoms with E-state index in [-0.39, 0.29) is 25.4 Å². The van der Waals surface area contributed by atoms with Gasteiger partial charge >= 0.3 is 6.09 Å². The summed E-state index contributed by atoms with van der Waals surface area (Å²) in [6.45, 7) is 7.28. The Hall–Kier alpha value is -3.53. The fraction of sp³-hybridized carbons (Fsp3) is 0.400. The predicted octanol–water partition coefficient (Wildman–Crippen LogP) is 2.93. The van der Waals surface area contributed by atoms with Crippen LogP contribution in [-0.2, 0) is 20.9 Å². The molecule has 0 aliphatic heterocycles. The number of rotatable bonds is 8. The van der Waals surface area contributed by atoms with Crippen LogP contribution in [0.5, 0.6) is 0 Å². The molecule has 0 fully saturated rings. The van der Waals surface area contributed by atoms with Gasteiger partial charge in [-0.1, -0.05) is 36.4 Å². The van der Waals surface area contributed by atoms with Crippen molar-refractivity contribution < 1.29 is 27.9 Å². The first-order valence-corrected chi connectivity index (χ1v) is 11.1. The van der Waals surface area contributed by atoms with Crippen LogP contribution in [0.3, 0.4) is 0 Å². The molecular weight excluding hydrogens is 458 g/mol. The van der Waals surface area contributed by atoms with Crippen molar-refractivity contribution in [3.63, 3.8) is 0 Å². The lowest BCUT2D eigenvalue weighted by atomic mass is 10.1. The lowest BCUT2D eigenvalue weighted by Crippen LogP contribution is -2.49. The zero-order valence-electron chi connectivity index (χ0n) is 20.5. The average molecular weight is 493 g/mol. The topological polar surface area (TPSA) is 123 Å². The molecule has 0 aliphatic carbocycles. The predicted molar refractivity (Wildman–Crippen MR) is 129 cm³/mol. The highest BCUT2D eigenvalue weighted by atomic mass is 19.2. The molecule has 192 valence electrons. The summed E-state index contributed by atoms with van der Waals surface area (Å²) in [5.41, 5.74) is 6.36. The molecule has 2 aromatic carbocycles. The zero-order chi connectivity index (χ0) is 26.4. The van der Waals surface area contributed by atoms with Crippen LogP contribution in [-0.4, -0.2) is 42.6 Å². The third kappa shape index (κ3) is 13.1. The SMILES string of the molecule is CC(C)(C)OC(=O)NCCC(NC(=O)CN)C(=O)NCc1ccccc1.Cc1ccc(F)c(F)c1.